The Morgan fingerprint density at radius 3 is 2.52 bits per heavy atom. The van der Waals surface area contributed by atoms with Crippen molar-refractivity contribution in [2.24, 2.45) is 7.05 Å². The topological polar surface area (TPSA) is 29.9 Å². The monoisotopic (exact) mass is 283 g/mol. The van der Waals surface area contributed by atoms with E-state index in [4.69, 9.17) is 0 Å². The summed E-state index contributed by atoms with van der Waals surface area (Å²) in [6.07, 6.45) is 7.12. The van der Waals surface area contributed by atoms with E-state index < -0.39 is 0 Å². The molecule has 0 aliphatic heterocycles. The van der Waals surface area contributed by atoms with Crippen molar-refractivity contribution >= 4 is 0 Å². The van der Waals surface area contributed by atoms with Gasteiger partial charge in [0.2, 0.25) is 0 Å². The molecule has 21 heavy (non-hydrogen) atoms. The first kappa shape index (κ1) is 14.3. The molecule has 1 aliphatic carbocycles. The molecule has 1 N–H and O–H groups in total. The third-order valence-electron chi connectivity index (χ3n) is 4.60. The van der Waals surface area contributed by atoms with Gasteiger partial charge in [0.05, 0.1) is 11.7 Å². The molecule has 112 valence electrons. The van der Waals surface area contributed by atoms with Gasteiger partial charge in [-0.15, -0.1) is 0 Å². The molecule has 3 rings (SSSR count). The van der Waals surface area contributed by atoms with Gasteiger partial charge in [-0.05, 0) is 48.9 Å². The van der Waals surface area contributed by atoms with Crippen molar-refractivity contribution in [3.05, 3.63) is 53.3 Å². The highest BCUT2D eigenvalue weighted by Gasteiger charge is 2.21. The van der Waals surface area contributed by atoms with E-state index in [0.29, 0.717) is 0 Å². The maximum Gasteiger partial charge on any atom is 0.0748 e. The molecule has 0 amide bonds. The van der Waals surface area contributed by atoms with Gasteiger partial charge >= 0.3 is 0 Å². The van der Waals surface area contributed by atoms with Gasteiger partial charge in [0.25, 0.3) is 0 Å². The molecule has 1 unspecified atom stereocenters. The number of nitrogens with one attached hydrogen (secondary N) is 1. The van der Waals surface area contributed by atoms with Crippen molar-refractivity contribution in [1.82, 2.24) is 15.1 Å². The van der Waals surface area contributed by atoms with E-state index in [-0.39, 0.29) is 6.04 Å². The first-order valence-electron chi connectivity index (χ1n) is 8.10. The lowest BCUT2D eigenvalue weighted by molar-refractivity contribution is 0.419. The second kappa shape index (κ2) is 6.44. The summed E-state index contributed by atoms with van der Waals surface area (Å²) in [7, 11) is 2.01. The van der Waals surface area contributed by atoms with Crippen LogP contribution < -0.4 is 5.32 Å². The molecule has 0 radical (unpaired) electrons. The van der Waals surface area contributed by atoms with Crippen LogP contribution in [-0.4, -0.2) is 16.3 Å². The van der Waals surface area contributed by atoms with Crippen LogP contribution in [-0.2, 0) is 7.05 Å². The van der Waals surface area contributed by atoms with Gasteiger partial charge in [0, 0.05) is 13.2 Å². The zero-order valence-corrected chi connectivity index (χ0v) is 13.0. The van der Waals surface area contributed by atoms with Crippen molar-refractivity contribution in [3.8, 4) is 0 Å². The van der Waals surface area contributed by atoms with E-state index >= 15 is 0 Å². The zero-order valence-electron chi connectivity index (χ0n) is 13.0. The van der Waals surface area contributed by atoms with E-state index in [1.165, 1.54) is 36.1 Å². The molecule has 2 aromatic rings. The number of hydrogen-bond acceptors (Lipinski definition) is 2. The Kier molecular flexibility index (Phi) is 4.39. The predicted molar refractivity (Wildman–Crippen MR) is 86.4 cm³/mol. The Hall–Kier alpha value is -1.61. The number of aryl methyl sites for hydroxylation is 1. The quantitative estimate of drug-likeness (QED) is 0.874. The van der Waals surface area contributed by atoms with Crippen LogP contribution in [0.15, 0.2) is 36.5 Å². The molecule has 1 atom stereocenters. The Morgan fingerprint density at radius 2 is 2.00 bits per heavy atom. The zero-order chi connectivity index (χ0) is 14.7. The van der Waals surface area contributed by atoms with Crippen LogP contribution in [0.25, 0.3) is 0 Å². The second-order valence-corrected chi connectivity index (χ2v) is 6.06. The summed E-state index contributed by atoms with van der Waals surface area (Å²) in [5.74, 6) is 0.804. The molecule has 1 saturated carbocycles. The second-order valence-electron chi connectivity index (χ2n) is 6.06. The summed E-state index contributed by atoms with van der Waals surface area (Å²) in [4.78, 5) is 0. The molecular weight excluding hydrogens is 258 g/mol. The largest absolute Gasteiger partial charge is 0.305 e. The summed E-state index contributed by atoms with van der Waals surface area (Å²) >= 11 is 0. The number of nitrogens with zero attached hydrogens (tertiary/aromatic N) is 2. The van der Waals surface area contributed by atoms with Crippen LogP contribution in [0.5, 0.6) is 0 Å². The van der Waals surface area contributed by atoms with E-state index in [1.54, 1.807) is 0 Å². The molecule has 3 nitrogen and oxygen atoms in total. The predicted octanol–water partition coefficient (Wildman–Crippen LogP) is 3.78. The maximum absolute atomic E-state index is 4.32. The maximum atomic E-state index is 4.32. The molecule has 1 aliphatic rings. The number of rotatable bonds is 6. The Morgan fingerprint density at radius 1 is 1.24 bits per heavy atom. The summed E-state index contributed by atoms with van der Waals surface area (Å²) in [6, 6.07) is 11.5. The fraction of sp³-hybridized carbons (Fsp3) is 0.500. The molecule has 1 aromatic carbocycles. The summed E-state index contributed by atoms with van der Waals surface area (Å²) in [6.45, 7) is 3.22. The average Bonchev–Trinajstić information content (AvgIpc) is 2.85. The Labute approximate surface area is 127 Å². The minimum Gasteiger partial charge on any atom is -0.305 e. The SMILES string of the molecule is CCCNC(c1ccc(C2CCC2)cc1)c1ccnn1C. The summed E-state index contributed by atoms with van der Waals surface area (Å²) < 4.78 is 1.97. The molecule has 0 bridgehead atoms. The normalized spacial score (nSPS) is 16.7. The third-order valence-corrected chi connectivity index (χ3v) is 4.60. The van der Waals surface area contributed by atoms with Crippen molar-refractivity contribution in [2.45, 2.75) is 44.6 Å². The van der Waals surface area contributed by atoms with Gasteiger partial charge in [0.15, 0.2) is 0 Å². The highest BCUT2D eigenvalue weighted by atomic mass is 15.3. The van der Waals surface area contributed by atoms with Crippen LogP contribution in [0.4, 0.5) is 0 Å². The molecule has 0 saturated heterocycles. The average molecular weight is 283 g/mol. The first-order chi connectivity index (χ1) is 10.3. The van der Waals surface area contributed by atoms with Crippen LogP contribution in [0, 0.1) is 0 Å². The summed E-state index contributed by atoms with van der Waals surface area (Å²) in [5.41, 5.74) is 4.05. The fourth-order valence-corrected chi connectivity index (χ4v) is 3.05. The minimum absolute atomic E-state index is 0.230. The number of hydrogen-bond donors (Lipinski definition) is 1. The van der Waals surface area contributed by atoms with E-state index in [1.807, 2.05) is 17.9 Å². The molecule has 1 heterocycles. The van der Waals surface area contributed by atoms with Crippen molar-refractivity contribution in [2.75, 3.05) is 6.54 Å². The van der Waals surface area contributed by atoms with Crippen LogP contribution in [0.1, 0.15) is 61.4 Å². The van der Waals surface area contributed by atoms with Crippen LogP contribution in [0.2, 0.25) is 0 Å². The van der Waals surface area contributed by atoms with Gasteiger partial charge in [-0.25, -0.2) is 0 Å². The van der Waals surface area contributed by atoms with Crippen molar-refractivity contribution in [3.63, 3.8) is 0 Å². The minimum atomic E-state index is 0.230. The molecule has 0 spiro atoms. The summed E-state index contributed by atoms with van der Waals surface area (Å²) in [5, 5.41) is 7.96. The molecule has 1 aromatic heterocycles. The van der Waals surface area contributed by atoms with Crippen LogP contribution >= 0.6 is 0 Å². The van der Waals surface area contributed by atoms with Gasteiger partial charge < -0.3 is 5.32 Å². The lowest BCUT2D eigenvalue weighted by atomic mass is 9.80. The van der Waals surface area contributed by atoms with Crippen molar-refractivity contribution < 1.29 is 0 Å². The lowest BCUT2D eigenvalue weighted by Crippen LogP contribution is -2.25. The van der Waals surface area contributed by atoms with Crippen molar-refractivity contribution in [1.29, 1.82) is 0 Å². The Bertz CT molecular complexity index is 566. The third kappa shape index (κ3) is 3.03. The molecule has 3 heteroatoms. The smallest absolute Gasteiger partial charge is 0.0748 e. The van der Waals surface area contributed by atoms with Gasteiger partial charge in [-0.2, -0.15) is 5.10 Å². The van der Waals surface area contributed by atoms with E-state index in [2.05, 4.69) is 47.7 Å². The van der Waals surface area contributed by atoms with Gasteiger partial charge in [-0.1, -0.05) is 37.6 Å². The lowest BCUT2D eigenvalue weighted by Gasteiger charge is -2.26. The standard InChI is InChI=1S/C18H25N3/c1-3-12-19-18(17-11-13-20-21(17)2)16-9-7-15(8-10-16)14-5-4-6-14/h7-11,13-14,18-19H,3-6,12H2,1-2H3. The van der Waals surface area contributed by atoms with Crippen LogP contribution in [0.3, 0.4) is 0 Å². The molecule has 1 fully saturated rings. The number of benzene rings is 1. The van der Waals surface area contributed by atoms with Gasteiger partial charge in [0.1, 0.15) is 0 Å². The molecular formula is C18H25N3. The number of aromatic nitrogens is 2. The highest BCUT2D eigenvalue weighted by molar-refractivity contribution is 5.32. The van der Waals surface area contributed by atoms with E-state index in [9.17, 15) is 0 Å². The first-order valence-corrected chi connectivity index (χ1v) is 8.10. The van der Waals surface area contributed by atoms with Gasteiger partial charge in [-0.3, -0.25) is 4.68 Å². The highest BCUT2D eigenvalue weighted by Crippen LogP contribution is 2.36. The van der Waals surface area contributed by atoms with E-state index in [0.717, 1.165) is 18.9 Å². The fourth-order valence-electron chi connectivity index (χ4n) is 3.05. The Balaban J connectivity index is 1.83.